The molecule has 0 saturated heterocycles. The molecular formula is C17H14Cl2N4O. The number of halogens is 2. The van der Waals surface area contributed by atoms with Crippen LogP contribution < -0.4 is 15.4 Å². The molecule has 0 unspecified atom stereocenters. The van der Waals surface area contributed by atoms with E-state index < -0.39 is 0 Å². The Morgan fingerprint density at radius 1 is 0.833 bits per heavy atom. The molecule has 122 valence electrons. The van der Waals surface area contributed by atoms with E-state index in [0.29, 0.717) is 16.0 Å². The molecule has 0 aliphatic rings. The molecule has 0 fully saturated rings. The molecule has 1 aromatic heterocycles. The van der Waals surface area contributed by atoms with Gasteiger partial charge in [0.25, 0.3) is 0 Å². The van der Waals surface area contributed by atoms with E-state index in [1.165, 1.54) is 0 Å². The summed E-state index contributed by atoms with van der Waals surface area (Å²) in [6.07, 6.45) is 3.37. The molecule has 0 aliphatic carbocycles. The highest BCUT2D eigenvalue weighted by atomic mass is 35.5. The van der Waals surface area contributed by atoms with Crippen molar-refractivity contribution in [2.24, 2.45) is 0 Å². The third-order valence-electron chi connectivity index (χ3n) is 3.19. The van der Waals surface area contributed by atoms with Gasteiger partial charge in [0, 0.05) is 17.4 Å². The molecule has 0 saturated carbocycles. The first-order chi connectivity index (χ1) is 11.6. The van der Waals surface area contributed by atoms with E-state index in [4.69, 9.17) is 27.9 Å². The minimum absolute atomic E-state index is 0.463. The zero-order valence-electron chi connectivity index (χ0n) is 12.8. The second-order valence-corrected chi connectivity index (χ2v) is 5.72. The summed E-state index contributed by atoms with van der Waals surface area (Å²) in [6.45, 7) is 0. The maximum atomic E-state index is 5.99. The van der Waals surface area contributed by atoms with Crippen molar-refractivity contribution in [1.29, 1.82) is 0 Å². The van der Waals surface area contributed by atoms with Gasteiger partial charge in [-0.25, -0.2) is 9.97 Å². The highest BCUT2D eigenvalue weighted by molar-refractivity contribution is 6.42. The maximum Gasteiger partial charge on any atom is 0.227 e. The highest BCUT2D eigenvalue weighted by Crippen LogP contribution is 2.26. The van der Waals surface area contributed by atoms with Crippen molar-refractivity contribution >= 4 is 46.2 Å². The van der Waals surface area contributed by atoms with Crippen LogP contribution in [0.25, 0.3) is 0 Å². The van der Waals surface area contributed by atoms with Gasteiger partial charge in [-0.15, -0.1) is 0 Å². The molecular weight excluding hydrogens is 347 g/mol. The fourth-order valence-corrected chi connectivity index (χ4v) is 2.33. The molecule has 0 radical (unpaired) electrons. The van der Waals surface area contributed by atoms with Crippen molar-refractivity contribution in [3.05, 3.63) is 64.9 Å². The van der Waals surface area contributed by atoms with Crippen LogP contribution in [0.3, 0.4) is 0 Å². The van der Waals surface area contributed by atoms with Crippen molar-refractivity contribution in [1.82, 2.24) is 9.97 Å². The SMILES string of the molecule is COc1cccc(Nc2cnc(Nc3ccc(Cl)c(Cl)c3)nc2)c1. The molecule has 2 N–H and O–H groups in total. The molecule has 0 spiro atoms. The summed E-state index contributed by atoms with van der Waals surface area (Å²) in [7, 11) is 1.63. The van der Waals surface area contributed by atoms with Crippen molar-refractivity contribution in [3.8, 4) is 5.75 Å². The Labute approximate surface area is 149 Å². The molecule has 0 amide bonds. The number of nitrogens with zero attached hydrogens (tertiary/aromatic N) is 2. The third kappa shape index (κ3) is 4.07. The summed E-state index contributed by atoms with van der Waals surface area (Å²) in [5, 5.41) is 7.25. The van der Waals surface area contributed by atoms with Crippen LogP contribution in [-0.4, -0.2) is 17.1 Å². The number of aromatic nitrogens is 2. The maximum absolute atomic E-state index is 5.99. The quantitative estimate of drug-likeness (QED) is 0.648. The Balaban J connectivity index is 1.69. The first-order valence-electron chi connectivity index (χ1n) is 7.09. The zero-order valence-corrected chi connectivity index (χ0v) is 14.3. The van der Waals surface area contributed by atoms with Crippen LogP contribution in [0.2, 0.25) is 10.0 Å². The second kappa shape index (κ2) is 7.38. The lowest BCUT2D eigenvalue weighted by Crippen LogP contribution is -1.98. The van der Waals surface area contributed by atoms with E-state index in [1.54, 1.807) is 37.7 Å². The van der Waals surface area contributed by atoms with Gasteiger partial charge >= 0.3 is 0 Å². The lowest BCUT2D eigenvalue weighted by atomic mass is 10.3. The molecule has 5 nitrogen and oxygen atoms in total. The molecule has 0 atom stereocenters. The van der Waals surface area contributed by atoms with Gasteiger partial charge in [0.05, 0.1) is 35.2 Å². The molecule has 3 rings (SSSR count). The predicted octanol–water partition coefficient (Wildman–Crippen LogP) is 5.28. The number of methoxy groups -OCH3 is 1. The van der Waals surface area contributed by atoms with Gasteiger partial charge in [-0.05, 0) is 30.3 Å². The molecule has 0 aliphatic heterocycles. The first-order valence-corrected chi connectivity index (χ1v) is 7.85. The van der Waals surface area contributed by atoms with Gasteiger partial charge in [0.15, 0.2) is 0 Å². The molecule has 3 aromatic rings. The number of hydrogen-bond acceptors (Lipinski definition) is 5. The monoisotopic (exact) mass is 360 g/mol. The molecule has 2 aromatic carbocycles. The molecule has 1 heterocycles. The van der Waals surface area contributed by atoms with Crippen LogP contribution in [0.15, 0.2) is 54.9 Å². The normalized spacial score (nSPS) is 10.3. The molecule has 24 heavy (non-hydrogen) atoms. The largest absolute Gasteiger partial charge is 0.497 e. The fourth-order valence-electron chi connectivity index (χ4n) is 2.03. The van der Waals surface area contributed by atoms with E-state index in [9.17, 15) is 0 Å². The van der Waals surface area contributed by atoms with Crippen LogP contribution in [0.1, 0.15) is 0 Å². The number of benzene rings is 2. The van der Waals surface area contributed by atoms with Gasteiger partial charge in [0.1, 0.15) is 5.75 Å². The van der Waals surface area contributed by atoms with Gasteiger partial charge < -0.3 is 15.4 Å². The Morgan fingerprint density at radius 3 is 2.29 bits per heavy atom. The van der Waals surface area contributed by atoms with E-state index >= 15 is 0 Å². The van der Waals surface area contributed by atoms with Crippen molar-refractivity contribution in [2.45, 2.75) is 0 Å². The lowest BCUT2D eigenvalue weighted by molar-refractivity contribution is 0.415. The summed E-state index contributed by atoms with van der Waals surface area (Å²) in [6, 6.07) is 12.8. The topological polar surface area (TPSA) is 59.1 Å². The van der Waals surface area contributed by atoms with Gasteiger partial charge in [-0.1, -0.05) is 29.3 Å². The second-order valence-electron chi connectivity index (χ2n) is 4.91. The standard InChI is InChI=1S/C17H14Cl2N4O/c1-24-14-4-2-3-11(7-14)22-13-9-20-17(21-10-13)23-12-5-6-15(18)16(19)8-12/h2-10,22H,1H3,(H,20,21,23). The summed E-state index contributed by atoms with van der Waals surface area (Å²) in [5.74, 6) is 1.24. The summed E-state index contributed by atoms with van der Waals surface area (Å²) < 4.78 is 5.19. The average Bonchev–Trinajstić information content (AvgIpc) is 2.60. The average molecular weight is 361 g/mol. The van der Waals surface area contributed by atoms with Crippen LogP contribution in [0, 0.1) is 0 Å². The Bertz CT molecular complexity index is 840. The van der Waals surface area contributed by atoms with E-state index in [2.05, 4.69) is 20.6 Å². The lowest BCUT2D eigenvalue weighted by Gasteiger charge is -2.09. The summed E-state index contributed by atoms with van der Waals surface area (Å²) in [5.41, 5.74) is 2.42. The molecule has 7 heteroatoms. The smallest absolute Gasteiger partial charge is 0.227 e. The van der Waals surface area contributed by atoms with Crippen molar-refractivity contribution < 1.29 is 4.74 Å². The van der Waals surface area contributed by atoms with Crippen LogP contribution in [0.5, 0.6) is 5.75 Å². The minimum atomic E-state index is 0.463. The third-order valence-corrected chi connectivity index (χ3v) is 3.93. The number of ether oxygens (including phenoxy) is 1. The summed E-state index contributed by atoms with van der Waals surface area (Å²) in [4.78, 5) is 8.55. The Morgan fingerprint density at radius 2 is 1.58 bits per heavy atom. The van der Waals surface area contributed by atoms with Gasteiger partial charge in [0.2, 0.25) is 5.95 Å². The predicted molar refractivity (Wildman–Crippen MR) is 98.1 cm³/mol. The van der Waals surface area contributed by atoms with Gasteiger partial charge in [-0.2, -0.15) is 0 Å². The minimum Gasteiger partial charge on any atom is -0.497 e. The number of rotatable bonds is 5. The zero-order chi connectivity index (χ0) is 16.9. The van der Waals surface area contributed by atoms with Crippen LogP contribution >= 0.6 is 23.2 Å². The van der Waals surface area contributed by atoms with Crippen molar-refractivity contribution in [3.63, 3.8) is 0 Å². The number of hydrogen-bond donors (Lipinski definition) is 2. The first kappa shape index (κ1) is 16.4. The summed E-state index contributed by atoms with van der Waals surface area (Å²) >= 11 is 11.9. The number of nitrogens with one attached hydrogen (secondary N) is 2. The van der Waals surface area contributed by atoms with E-state index in [1.807, 2.05) is 24.3 Å². The molecule has 0 bridgehead atoms. The fraction of sp³-hybridized carbons (Fsp3) is 0.0588. The Kier molecular flexibility index (Phi) is 5.03. The number of anilines is 4. The highest BCUT2D eigenvalue weighted by Gasteiger charge is 2.03. The van der Waals surface area contributed by atoms with Crippen LogP contribution in [-0.2, 0) is 0 Å². The Hall–Kier alpha value is -2.50. The van der Waals surface area contributed by atoms with Gasteiger partial charge in [-0.3, -0.25) is 0 Å². The van der Waals surface area contributed by atoms with Crippen LogP contribution in [0.4, 0.5) is 23.0 Å². The van der Waals surface area contributed by atoms with Crippen molar-refractivity contribution in [2.75, 3.05) is 17.7 Å². The van der Waals surface area contributed by atoms with E-state index in [0.717, 1.165) is 22.8 Å². The van der Waals surface area contributed by atoms with E-state index in [-0.39, 0.29) is 0 Å².